The first-order chi connectivity index (χ1) is 7.65. The quantitative estimate of drug-likeness (QED) is 0.668. The van der Waals surface area contributed by atoms with Gasteiger partial charge in [0.05, 0.1) is 0 Å². The Morgan fingerprint density at radius 3 is 2.19 bits per heavy atom. The molecule has 1 aromatic rings. The molecule has 0 saturated heterocycles. The fourth-order valence-corrected chi connectivity index (χ4v) is 1.73. The summed E-state index contributed by atoms with van der Waals surface area (Å²) in [5.74, 6) is 2.01. The Bertz CT molecular complexity index is 290. The highest BCUT2D eigenvalue weighted by Gasteiger charge is 2.08. The molecule has 0 aliphatic carbocycles. The highest BCUT2D eigenvalue weighted by atomic mass is 14.9. The van der Waals surface area contributed by atoms with Crippen LogP contribution < -0.4 is 0 Å². The highest BCUT2D eigenvalue weighted by molar-refractivity contribution is 5.10. The Morgan fingerprint density at radius 2 is 1.69 bits per heavy atom. The van der Waals surface area contributed by atoms with Gasteiger partial charge in [-0.15, -0.1) is 0 Å². The summed E-state index contributed by atoms with van der Waals surface area (Å²) >= 11 is 0. The van der Waals surface area contributed by atoms with Gasteiger partial charge in [0, 0.05) is 18.3 Å². The van der Waals surface area contributed by atoms with E-state index < -0.39 is 0 Å². The standard InChI is InChI=1S/C14H24N2/c1-5-6-7-8-12(4)14-15-9-13(10-16-14)11(2)3/h9-12H,5-8H2,1-4H3. The fourth-order valence-electron chi connectivity index (χ4n) is 1.73. The average Bonchev–Trinajstić information content (AvgIpc) is 2.29. The van der Waals surface area contributed by atoms with Crippen molar-refractivity contribution in [2.45, 2.75) is 65.2 Å². The van der Waals surface area contributed by atoms with Gasteiger partial charge in [0.25, 0.3) is 0 Å². The van der Waals surface area contributed by atoms with Gasteiger partial charge in [-0.2, -0.15) is 0 Å². The van der Waals surface area contributed by atoms with Crippen LogP contribution in [0.3, 0.4) is 0 Å². The number of unbranched alkanes of at least 4 members (excludes halogenated alkanes) is 2. The molecule has 0 amide bonds. The van der Waals surface area contributed by atoms with Gasteiger partial charge in [-0.1, -0.05) is 47.0 Å². The summed E-state index contributed by atoms with van der Waals surface area (Å²) < 4.78 is 0. The van der Waals surface area contributed by atoms with E-state index in [1.165, 1.54) is 31.2 Å². The lowest BCUT2D eigenvalue weighted by Gasteiger charge is -2.11. The van der Waals surface area contributed by atoms with Crippen LogP contribution >= 0.6 is 0 Å². The van der Waals surface area contributed by atoms with Crippen LogP contribution in [0.4, 0.5) is 0 Å². The van der Waals surface area contributed by atoms with Crippen LogP contribution in [0.25, 0.3) is 0 Å². The fraction of sp³-hybridized carbons (Fsp3) is 0.714. The largest absolute Gasteiger partial charge is 0.241 e. The summed E-state index contributed by atoms with van der Waals surface area (Å²) in [6.45, 7) is 8.80. The Hall–Kier alpha value is -0.920. The molecule has 0 radical (unpaired) electrons. The number of rotatable bonds is 6. The molecule has 0 aliphatic heterocycles. The minimum atomic E-state index is 0.493. The Morgan fingerprint density at radius 1 is 1.06 bits per heavy atom. The lowest BCUT2D eigenvalue weighted by Crippen LogP contribution is -2.02. The minimum absolute atomic E-state index is 0.493. The smallest absolute Gasteiger partial charge is 0.131 e. The molecule has 0 bridgehead atoms. The first-order valence-electron chi connectivity index (χ1n) is 6.47. The molecule has 1 unspecified atom stereocenters. The molecule has 2 nitrogen and oxygen atoms in total. The van der Waals surface area contributed by atoms with E-state index in [0.29, 0.717) is 11.8 Å². The zero-order chi connectivity index (χ0) is 12.0. The molecule has 0 aliphatic rings. The monoisotopic (exact) mass is 220 g/mol. The first kappa shape index (κ1) is 13.1. The molecule has 0 aromatic carbocycles. The first-order valence-corrected chi connectivity index (χ1v) is 6.47. The highest BCUT2D eigenvalue weighted by Crippen LogP contribution is 2.19. The number of hydrogen-bond acceptors (Lipinski definition) is 2. The van der Waals surface area contributed by atoms with Crippen molar-refractivity contribution < 1.29 is 0 Å². The van der Waals surface area contributed by atoms with Crippen molar-refractivity contribution in [2.24, 2.45) is 0 Å². The van der Waals surface area contributed by atoms with Crippen molar-refractivity contribution in [1.29, 1.82) is 0 Å². The zero-order valence-corrected chi connectivity index (χ0v) is 11.0. The van der Waals surface area contributed by atoms with Crippen LogP contribution in [0.5, 0.6) is 0 Å². The Kier molecular flexibility index (Phi) is 5.44. The van der Waals surface area contributed by atoms with Crippen LogP contribution in [0.1, 0.15) is 76.6 Å². The second-order valence-corrected chi connectivity index (χ2v) is 4.93. The van der Waals surface area contributed by atoms with Crippen molar-refractivity contribution in [3.63, 3.8) is 0 Å². The molecule has 1 rings (SSSR count). The van der Waals surface area contributed by atoms with Crippen LogP contribution in [0.2, 0.25) is 0 Å². The molecule has 1 aromatic heterocycles. The second-order valence-electron chi connectivity index (χ2n) is 4.93. The molecule has 2 heteroatoms. The molecular weight excluding hydrogens is 196 g/mol. The predicted molar refractivity (Wildman–Crippen MR) is 68.7 cm³/mol. The van der Waals surface area contributed by atoms with E-state index in [1.807, 2.05) is 12.4 Å². The van der Waals surface area contributed by atoms with E-state index in [9.17, 15) is 0 Å². The minimum Gasteiger partial charge on any atom is -0.241 e. The van der Waals surface area contributed by atoms with E-state index in [-0.39, 0.29) is 0 Å². The maximum absolute atomic E-state index is 4.47. The number of nitrogens with zero attached hydrogens (tertiary/aromatic N) is 2. The third-order valence-corrected chi connectivity index (χ3v) is 3.04. The second kappa shape index (κ2) is 6.62. The number of aromatic nitrogens is 2. The molecule has 1 atom stereocenters. The Labute approximate surface area is 99.5 Å². The number of hydrogen-bond donors (Lipinski definition) is 0. The summed E-state index contributed by atoms with van der Waals surface area (Å²) in [5.41, 5.74) is 1.23. The lowest BCUT2D eigenvalue weighted by atomic mass is 10.0. The summed E-state index contributed by atoms with van der Waals surface area (Å²) in [7, 11) is 0. The van der Waals surface area contributed by atoms with Crippen molar-refractivity contribution in [3.8, 4) is 0 Å². The maximum Gasteiger partial charge on any atom is 0.131 e. The van der Waals surface area contributed by atoms with Gasteiger partial charge in [0.2, 0.25) is 0 Å². The topological polar surface area (TPSA) is 25.8 Å². The summed E-state index contributed by atoms with van der Waals surface area (Å²) in [4.78, 5) is 8.93. The third-order valence-electron chi connectivity index (χ3n) is 3.04. The van der Waals surface area contributed by atoms with E-state index in [4.69, 9.17) is 0 Å². The molecule has 0 fully saturated rings. The summed E-state index contributed by atoms with van der Waals surface area (Å²) in [6, 6.07) is 0. The van der Waals surface area contributed by atoms with Crippen LogP contribution in [-0.2, 0) is 0 Å². The van der Waals surface area contributed by atoms with Gasteiger partial charge in [-0.05, 0) is 17.9 Å². The zero-order valence-electron chi connectivity index (χ0n) is 11.0. The molecule has 16 heavy (non-hydrogen) atoms. The SMILES string of the molecule is CCCCCC(C)c1ncc(C(C)C)cn1. The van der Waals surface area contributed by atoms with Gasteiger partial charge >= 0.3 is 0 Å². The van der Waals surface area contributed by atoms with Crippen molar-refractivity contribution in [2.75, 3.05) is 0 Å². The van der Waals surface area contributed by atoms with Crippen molar-refractivity contribution in [1.82, 2.24) is 9.97 Å². The lowest BCUT2D eigenvalue weighted by molar-refractivity contribution is 0.574. The van der Waals surface area contributed by atoms with Crippen molar-refractivity contribution in [3.05, 3.63) is 23.8 Å². The molecular formula is C14H24N2. The molecule has 0 N–H and O–H groups in total. The predicted octanol–water partition coefficient (Wildman–Crippen LogP) is 4.28. The molecule has 90 valence electrons. The van der Waals surface area contributed by atoms with Crippen molar-refractivity contribution >= 4 is 0 Å². The average molecular weight is 220 g/mol. The van der Waals surface area contributed by atoms with Crippen LogP contribution in [0, 0.1) is 0 Å². The third kappa shape index (κ3) is 3.92. The van der Waals surface area contributed by atoms with Gasteiger partial charge in [-0.25, -0.2) is 9.97 Å². The van der Waals surface area contributed by atoms with Crippen LogP contribution in [0.15, 0.2) is 12.4 Å². The summed E-state index contributed by atoms with van der Waals surface area (Å²) in [6.07, 6.45) is 9.03. The molecule has 0 saturated carbocycles. The van der Waals surface area contributed by atoms with E-state index in [0.717, 1.165) is 5.82 Å². The van der Waals surface area contributed by atoms with E-state index >= 15 is 0 Å². The van der Waals surface area contributed by atoms with Gasteiger partial charge in [-0.3, -0.25) is 0 Å². The molecule has 1 heterocycles. The van der Waals surface area contributed by atoms with Gasteiger partial charge < -0.3 is 0 Å². The van der Waals surface area contributed by atoms with Gasteiger partial charge in [0.1, 0.15) is 5.82 Å². The normalized spacial score (nSPS) is 13.1. The Balaban J connectivity index is 2.52. The van der Waals surface area contributed by atoms with E-state index in [2.05, 4.69) is 37.7 Å². The van der Waals surface area contributed by atoms with Gasteiger partial charge in [0.15, 0.2) is 0 Å². The maximum atomic E-state index is 4.47. The van der Waals surface area contributed by atoms with E-state index in [1.54, 1.807) is 0 Å². The summed E-state index contributed by atoms with van der Waals surface area (Å²) in [5, 5.41) is 0. The molecule has 0 spiro atoms. The van der Waals surface area contributed by atoms with Crippen LogP contribution in [-0.4, -0.2) is 9.97 Å².